The van der Waals surface area contributed by atoms with Crippen LogP contribution in [0.15, 0.2) is 12.1 Å². The van der Waals surface area contributed by atoms with Gasteiger partial charge in [-0.25, -0.2) is 0 Å². The lowest BCUT2D eigenvalue weighted by Crippen LogP contribution is -2.39. The number of halogens is 1. The molecule has 19 heavy (non-hydrogen) atoms. The molecule has 3 N–H and O–H groups in total. The largest absolute Gasteiger partial charge is 0.495 e. The van der Waals surface area contributed by atoms with Gasteiger partial charge < -0.3 is 20.5 Å². The molecule has 5 nitrogen and oxygen atoms in total. The summed E-state index contributed by atoms with van der Waals surface area (Å²) in [6.45, 7) is 3.75. The van der Waals surface area contributed by atoms with E-state index in [1.165, 1.54) is 14.2 Å². The molecule has 106 valence electrons. The van der Waals surface area contributed by atoms with Crippen LogP contribution in [0.2, 0.25) is 5.02 Å². The molecular formula is C13H19ClN2O3. The Bertz CT molecular complexity index is 463. The minimum atomic E-state index is -0.592. The van der Waals surface area contributed by atoms with Crippen molar-refractivity contribution in [3.63, 3.8) is 0 Å². The topological polar surface area (TPSA) is 73.6 Å². The van der Waals surface area contributed by atoms with Gasteiger partial charge in [-0.15, -0.1) is 0 Å². The van der Waals surface area contributed by atoms with E-state index in [9.17, 15) is 4.79 Å². The maximum Gasteiger partial charge on any atom is 0.241 e. The maximum absolute atomic E-state index is 11.9. The molecule has 0 spiro atoms. The summed E-state index contributed by atoms with van der Waals surface area (Å²) >= 11 is 6.02. The maximum atomic E-state index is 11.9. The number of hydrogen-bond acceptors (Lipinski definition) is 4. The van der Waals surface area contributed by atoms with Crippen molar-refractivity contribution in [2.75, 3.05) is 19.5 Å². The molecule has 1 amide bonds. The van der Waals surface area contributed by atoms with Crippen molar-refractivity contribution in [3.8, 4) is 11.5 Å². The van der Waals surface area contributed by atoms with E-state index >= 15 is 0 Å². The zero-order valence-electron chi connectivity index (χ0n) is 11.5. The summed E-state index contributed by atoms with van der Waals surface area (Å²) in [6, 6.07) is 2.59. The van der Waals surface area contributed by atoms with Crippen molar-refractivity contribution in [3.05, 3.63) is 17.2 Å². The molecule has 1 aromatic rings. The Balaban J connectivity index is 3.01. The minimum absolute atomic E-state index is 0.0414. The second-order valence-electron chi connectivity index (χ2n) is 4.45. The van der Waals surface area contributed by atoms with Crippen molar-refractivity contribution in [1.29, 1.82) is 0 Å². The van der Waals surface area contributed by atoms with Gasteiger partial charge >= 0.3 is 0 Å². The van der Waals surface area contributed by atoms with Crippen LogP contribution in [0.3, 0.4) is 0 Å². The highest BCUT2D eigenvalue weighted by Gasteiger charge is 2.19. The van der Waals surface area contributed by atoms with E-state index in [0.717, 1.165) is 0 Å². The standard InChI is InChI=1S/C13H19ClN2O3/c1-7(2)12(15)13(17)16-9-5-8(14)10(18-3)6-11(9)19-4/h5-7,12H,15H2,1-4H3,(H,16,17)/t12-/m1/s1. The normalized spacial score (nSPS) is 12.2. The summed E-state index contributed by atoms with van der Waals surface area (Å²) in [5.41, 5.74) is 6.25. The lowest BCUT2D eigenvalue weighted by molar-refractivity contribution is -0.118. The van der Waals surface area contributed by atoms with Gasteiger partial charge in [0.2, 0.25) is 5.91 Å². The highest BCUT2D eigenvalue weighted by Crippen LogP contribution is 2.35. The Morgan fingerprint density at radius 2 is 1.84 bits per heavy atom. The number of ether oxygens (including phenoxy) is 2. The van der Waals surface area contributed by atoms with Crippen molar-refractivity contribution >= 4 is 23.2 Å². The van der Waals surface area contributed by atoms with E-state index in [2.05, 4.69) is 5.32 Å². The van der Waals surface area contributed by atoms with Crippen molar-refractivity contribution in [1.82, 2.24) is 0 Å². The Kier molecular flexibility index (Phi) is 5.44. The molecule has 1 aromatic carbocycles. The van der Waals surface area contributed by atoms with Gasteiger partial charge in [-0.2, -0.15) is 0 Å². The first-order valence-electron chi connectivity index (χ1n) is 5.88. The number of nitrogens with one attached hydrogen (secondary N) is 1. The molecule has 0 heterocycles. The molecule has 0 saturated carbocycles. The molecular weight excluding hydrogens is 268 g/mol. The quantitative estimate of drug-likeness (QED) is 0.871. The Hall–Kier alpha value is -1.46. The summed E-state index contributed by atoms with van der Waals surface area (Å²) in [4.78, 5) is 11.9. The van der Waals surface area contributed by atoms with Crippen molar-refractivity contribution < 1.29 is 14.3 Å². The molecule has 0 aromatic heterocycles. The number of rotatable bonds is 5. The Morgan fingerprint density at radius 1 is 1.26 bits per heavy atom. The molecule has 0 unspecified atom stereocenters. The second-order valence-corrected chi connectivity index (χ2v) is 4.85. The molecule has 0 bridgehead atoms. The van der Waals surface area contributed by atoms with E-state index in [1.54, 1.807) is 12.1 Å². The average Bonchev–Trinajstić information content (AvgIpc) is 2.37. The third kappa shape index (κ3) is 3.75. The summed E-state index contributed by atoms with van der Waals surface area (Å²) in [5, 5.41) is 3.09. The van der Waals surface area contributed by atoms with Gasteiger partial charge in [0.1, 0.15) is 11.5 Å². The first-order valence-corrected chi connectivity index (χ1v) is 6.26. The monoisotopic (exact) mass is 286 g/mol. The Labute approximate surface area is 118 Å². The number of methoxy groups -OCH3 is 2. The Morgan fingerprint density at radius 3 is 2.32 bits per heavy atom. The highest BCUT2D eigenvalue weighted by atomic mass is 35.5. The minimum Gasteiger partial charge on any atom is -0.495 e. The fourth-order valence-electron chi connectivity index (χ4n) is 1.48. The second kappa shape index (κ2) is 6.63. The number of anilines is 1. The number of hydrogen-bond donors (Lipinski definition) is 2. The zero-order valence-corrected chi connectivity index (χ0v) is 12.2. The molecule has 0 saturated heterocycles. The predicted molar refractivity (Wildman–Crippen MR) is 76.0 cm³/mol. The van der Waals surface area contributed by atoms with Gasteiger partial charge in [0, 0.05) is 6.07 Å². The van der Waals surface area contributed by atoms with E-state index in [0.29, 0.717) is 22.2 Å². The number of carbonyl (C=O) groups is 1. The fourth-order valence-corrected chi connectivity index (χ4v) is 1.72. The lowest BCUT2D eigenvalue weighted by atomic mass is 10.0. The fraction of sp³-hybridized carbons (Fsp3) is 0.462. The summed E-state index contributed by atoms with van der Waals surface area (Å²) in [6.07, 6.45) is 0. The van der Waals surface area contributed by atoms with Gasteiger partial charge in [0.25, 0.3) is 0 Å². The number of nitrogens with two attached hydrogens (primary N) is 1. The van der Waals surface area contributed by atoms with Gasteiger partial charge in [-0.1, -0.05) is 25.4 Å². The highest BCUT2D eigenvalue weighted by molar-refractivity contribution is 6.32. The number of amides is 1. The number of carbonyl (C=O) groups excluding carboxylic acids is 1. The van der Waals surface area contributed by atoms with Crippen LogP contribution < -0.4 is 20.5 Å². The molecule has 0 radical (unpaired) electrons. The van der Waals surface area contributed by atoms with Gasteiger partial charge in [-0.3, -0.25) is 4.79 Å². The average molecular weight is 287 g/mol. The van der Waals surface area contributed by atoms with Gasteiger partial charge in [0.15, 0.2) is 0 Å². The van der Waals surface area contributed by atoms with Crippen molar-refractivity contribution in [2.24, 2.45) is 11.7 Å². The summed E-state index contributed by atoms with van der Waals surface area (Å²) < 4.78 is 10.3. The molecule has 0 aliphatic rings. The molecule has 1 rings (SSSR count). The van der Waals surface area contributed by atoms with E-state index in [-0.39, 0.29) is 11.8 Å². The first-order chi connectivity index (χ1) is 8.90. The molecule has 0 fully saturated rings. The van der Waals surface area contributed by atoms with E-state index < -0.39 is 6.04 Å². The van der Waals surface area contributed by atoms with Gasteiger partial charge in [0.05, 0.1) is 31.0 Å². The van der Waals surface area contributed by atoms with Crippen LogP contribution in [0, 0.1) is 5.92 Å². The van der Waals surface area contributed by atoms with Crippen LogP contribution in [0.4, 0.5) is 5.69 Å². The van der Waals surface area contributed by atoms with Gasteiger partial charge in [-0.05, 0) is 12.0 Å². The van der Waals surface area contributed by atoms with Crippen LogP contribution in [0.1, 0.15) is 13.8 Å². The third-order valence-electron chi connectivity index (χ3n) is 2.75. The SMILES string of the molecule is COc1cc(OC)c(NC(=O)[C@H](N)C(C)C)cc1Cl. The van der Waals surface area contributed by atoms with Crippen LogP contribution in [0.25, 0.3) is 0 Å². The van der Waals surface area contributed by atoms with E-state index in [4.69, 9.17) is 26.8 Å². The molecule has 0 aliphatic heterocycles. The molecule has 6 heteroatoms. The smallest absolute Gasteiger partial charge is 0.241 e. The first kappa shape index (κ1) is 15.6. The van der Waals surface area contributed by atoms with Crippen LogP contribution >= 0.6 is 11.6 Å². The third-order valence-corrected chi connectivity index (χ3v) is 3.05. The predicted octanol–water partition coefficient (Wildman–Crippen LogP) is 2.28. The van der Waals surface area contributed by atoms with Crippen LogP contribution in [-0.2, 0) is 4.79 Å². The number of benzene rings is 1. The van der Waals surface area contributed by atoms with E-state index in [1.807, 2.05) is 13.8 Å². The lowest BCUT2D eigenvalue weighted by Gasteiger charge is -2.17. The summed E-state index contributed by atoms with van der Waals surface area (Å²) in [5.74, 6) is 0.699. The van der Waals surface area contributed by atoms with Crippen molar-refractivity contribution in [2.45, 2.75) is 19.9 Å². The molecule has 1 atom stereocenters. The molecule has 0 aliphatic carbocycles. The van der Waals surface area contributed by atoms with Crippen LogP contribution in [-0.4, -0.2) is 26.2 Å². The zero-order chi connectivity index (χ0) is 14.6. The van der Waals surface area contributed by atoms with Crippen LogP contribution in [0.5, 0.6) is 11.5 Å². The summed E-state index contributed by atoms with van der Waals surface area (Å²) in [7, 11) is 3.01.